The van der Waals surface area contributed by atoms with Crippen LogP contribution in [0.2, 0.25) is 0 Å². The fourth-order valence-corrected chi connectivity index (χ4v) is 2.64. The van der Waals surface area contributed by atoms with Crippen LogP contribution in [0, 0.1) is 6.92 Å². The molecule has 21 heavy (non-hydrogen) atoms. The monoisotopic (exact) mass is 307 g/mol. The highest BCUT2D eigenvalue weighted by Gasteiger charge is 2.31. The van der Waals surface area contributed by atoms with Crippen LogP contribution in [0.4, 0.5) is 0 Å². The van der Waals surface area contributed by atoms with Crippen molar-refractivity contribution < 1.29 is 23.5 Å². The molecular formula is C14H13NO5S. The molecule has 1 saturated heterocycles. The van der Waals surface area contributed by atoms with Gasteiger partial charge in [0, 0.05) is 12.8 Å². The molecule has 0 spiro atoms. The third kappa shape index (κ3) is 2.97. The summed E-state index contributed by atoms with van der Waals surface area (Å²) in [6.07, 6.45) is -0.164. The molecule has 0 N–H and O–H groups in total. The molecule has 110 valence electrons. The van der Waals surface area contributed by atoms with Gasteiger partial charge in [0.25, 0.3) is 0 Å². The summed E-state index contributed by atoms with van der Waals surface area (Å²) in [5.74, 6) is 0.214. The van der Waals surface area contributed by atoms with E-state index in [1.165, 1.54) is 11.3 Å². The predicted molar refractivity (Wildman–Crippen MR) is 73.5 cm³/mol. The Morgan fingerprint density at radius 1 is 1.57 bits per heavy atom. The SMILES string of the molecule is Cc1oc(-c2cccs2)nc1COC(=O)[C@@H]1CCC(=O)O1. The van der Waals surface area contributed by atoms with Gasteiger partial charge in [0.05, 0.1) is 4.88 Å². The Bertz CT molecular complexity index is 661. The van der Waals surface area contributed by atoms with Gasteiger partial charge in [-0.25, -0.2) is 9.78 Å². The number of aromatic nitrogens is 1. The number of thiophene rings is 1. The first-order valence-corrected chi connectivity index (χ1v) is 7.38. The summed E-state index contributed by atoms with van der Waals surface area (Å²) < 4.78 is 15.5. The molecule has 0 saturated carbocycles. The summed E-state index contributed by atoms with van der Waals surface area (Å²) in [5.41, 5.74) is 0.566. The maximum Gasteiger partial charge on any atom is 0.347 e. The van der Waals surface area contributed by atoms with Crippen LogP contribution in [0.15, 0.2) is 21.9 Å². The average molecular weight is 307 g/mol. The molecule has 0 bridgehead atoms. The topological polar surface area (TPSA) is 78.6 Å². The molecule has 2 aromatic heterocycles. The molecule has 6 nitrogen and oxygen atoms in total. The lowest BCUT2D eigenvalue weighted by atomic mass is 10.2. The second kappa shape index (κ2) is 5.69. The zero-order valence-electron chi connectivity index (χ0n) is 11.3. The van der Waals surface area contributed by atoms with E-state index in [0.29, 0.717) is 23.8 Å². The number of aryl methyl sites for hydroxylation is 1. The van der Waals surface area contributed by atoms with Gasteiger partial charge in [-0.15, -0.1) is 11.3 Å². The van der Waals surface area contributed by atoms with E-state index in [4.69, 9.17) is 13.9 Å². The van der Waals surface area contributed by atoms with Crippen molar-refractivity contribution in [3.8, 4) is 10.8 Å². The minimum absolute atomic E-state index is 0.00753. The van der Waals surface area contributed by atoms with Gasteiger partial charge in [0.2, 0.25) is 5.89 Å². The van der Waals surface area contributed by atoms with Crippen molar-refractivity contribution in [1.29, 1.82) is 0 Å². The smallest absolute Gasteiger partial charge is 0.347 e. The van der Waals surface area contributed by atoms with Crippen molar-refractivity contribution in [2.24, 2.45) is 0 Å². The third-order valence-electron chi connectivity index (χ3n) is 3.12. The third-order valence-corrected chi connectivity index (χ3v) is 3.98. The number of cyclic esters (lactones) is 1. The van der Waals surface area contributed by atoms with Gasteiger partial charge >= 0.3 is 11.9 Å². The molecule has 0 radical (unpaired) electrons. The maximum atomic E-state index is 11.8. The van der Waals surface area contributed by atoms with Crippen LogP contribution in [0.1, 0.15) is 24.3 Å². The normalized spacial score (nSPS) is 17.8. The summed E-state index contributed by atoms with van der Waals surface area (Å²) in [6.45, 7) is 1.77. The minimum Gasteiger partial charge on any atom is -0.456 e. The van der Waals surface area contributed by atoms with Crippen molar-refractivity contribution in [2.75, 3.05) is 0 Å². The summed E-state index contributed by atoms with van der Waals surface area (Å²) in [5, 5.41) is 1.93. The fraction of sp³-hybridized carbons (Fsp3) is 0.357. The highest BCUT2D eigenvalue weighted by molar-refractivity contribution is 7.13. The van der Waals surface area contributed by atoms with Crippen molar-refractivity contribution in [1.82, 2.24) is 4.98 Å². The molecule has 0 aliphatic carbocycles. The molecule has 0 aromatic carbocycles. The van der Waals surface area contributed by atoms with Crippen molar-refractivity contribution in [3.05, 3.63) is 29.0 Å². The molecule has 0 unspecified atom stereocenters. The van der Waals surface area contributed by atoms with E-state index in [-0.39, 0.29) is 19.0 Å². The van der Waals surface area contributed by atoms with Gasteiger partial charge in [0.15, 0.2) is 6.10 Å². The van der Waals surface area contributed by atoms with E-state index in [2.05, 4.69) is 4.98 Å². The Balaban J connectivity index is 1.63. The first kappa shape index (κ1) is 13.8. The van der Waals surface area contributed by atoms with Crippen LogP contribution in [-0.2, 0) is 25.7 Å². The highest BCUT2D eigenvalue weighted by atomic mass is 32.1. The number of carbonyl (C=O) groups excluding carboxylic acids is 2. The Hall–Kier alpha value is -2.15. The molecule has 1 atom stereocenters. The molecule has 7 heteroatoms. The number of hydrogen-bond acceptors (Lipinski definition) is 7. The first-order valence-electron chi connectivity index (χ1n) is 6.50. The lowest BCUT2D eigenvalue weighted by Crippen LogP contribution is -2.22. The Labute approximate surface area is 124 Å². The predicted octanol–water partition coefficient (Wildman–Crippen LogP) is 2.46. The van der Waals surface area contributed by atoms with Gasteiger partial charge in [-0.2, -0.15) is 0 Å². The fourth-order valence-electron chi connectivity index (χ4n) is 1.99. The first-order chi connectivity index (χ1) is 10.1. The second-order valence-electron chi connectivity index (χ2n) is 4.62. The van der Waals surface area contributed by atoms with Gasteiger partial charge < -0.3 is 13.9 Å². The summed E-state index contributed by atoms with van der Waals surface area (Å²) >= 11 is 1.52. The number of nitrogens with zero attached hydrogens (tertiary/aromatic N) is 1. The largest absolute Gasteiger partial charge is 0.456 e. The quantitative estimate of drug-likeness (QED) is 0.807. The summed E-state index contributed by atoms with van der Waals surface area (Å²) in [6, 6.07) is 3.82. The van der Waals surface area contributed by atoms with Gasteiger partial charge in [-0.3, -0.25) is 4.79 Å². The highest BCUT2D eigenvalue weighted by Crippen LogP contribution is 2.26. The summed E-state index contributed by atoms with van der Waals surface area (Å²) in [4.78, 5) is 28.0. The van der Waals surface area contributed by atoms with Gasteiger partial charge in [0.1, 0.15) is 18.1 Å². The number of oxazole rings is 1. The maximum absolute atomic E-state index is 11.8. The Morgan fingerprint density at radius 3 is 3.10 bits per heavy atom. The number of hydrogen-bond donors (Lipinski definition) is 0. The lowest BCUT2D eigenvalue weighted by Gasteiger charge is -2.08. The van der Waals surface area contributed by atoms with Crippen LogP contribution in [0.5, 0.6) is 0 Å². The molecule has 1 aliphatic rings. The number of ether oxygens (including phenoxy) is 2. The van der Waals surface area contributed by atoms with E-state index in [1.54, 1.807) is 6.92 Å². The Kier molecular flexibility index (Phi) is 3.74. The van der Waals surface area contributed by atoms with Crippen LogP contribution >= 0.6 is 11.3 Å². The van der Waals surface area contributed by atoms with E-state index >= 15 is 0 Å². The molecule has 3 heterocycles. The standard InChI is InChI=1S/C14H13NO5S/c1-8-9(15-13(19-8)11-3-2-6-21-11)7-18-14(17)10-4-5-12(16)20-10/h2-3,6,10H,4-5,7H2,1H3/t10-/m0/s1. The van der Waals surface area contributed by atoms with Crippen molar-refractivity contribution in [2.45, 2.75) is 32.5 Å². The molecule has 3 rings (SSSR count). The molecular weight excluding hydrogens is 294 g/mol. The number of rotatable bonds is 4. The van der Waals surface area contributed by atoms with E-state index in [0.717, 1.165) is 4.88 Å². The molecule has 0 amide bonds. The van der Waals surface area contributed by atoms with Crippen LogP contribution in [-0.4, -0.2) is 23.0 Å². The minimum atomic E-state index is -0.790. The van der Waals surface area contributed by atoms with Crippen LogP contribution in [0.25, 0.3) is 10.8 Å². The van der Waals surface area contributed by atoms with E-state index in [9.17, 15) is 9.59 Å². The van der Waals surface area contributed by atoms with Crippen molar-refractivity contribution >= 4 is 23.3 Å². The molecule has 1 fully saturated rings. The zero-order chi connectivity index (χ0) is 14.8. The van der Waals surface area contributed by atoms with Gasteiger partial charge in [-0.05, 0) is 18.4 Å². The Morgan fingerprint density at radius 2 is 2.43 bits per heavy atom. The van der Waals surface area contributed by atoms with E-state index in [1.807, 2.05) is 17.5 Å². The van der Waals surface area contributed by atoms with Gasteiger partial charge in [-0.1, -0.05) is 6.07 Å². The average Bonchev–Trinajstić information content (AvgIpc) is 3.16. The van der Waals surface area contributed by atoms with Crippen molar-refractivity contribution in [3.63, 3.8) is 0 Å². The molecule has 1 aliphatic heterocycles. The number of carbonyl (C=O) groups is 2. The summed E-state index contributed by atoms with van der Waals surface area (Å²) in [7, 11) is 0. The zero-order valence-corrected chi connectivity index (χ0v) is 12.1. The number of esters is 2. The lowest BCUT2D eigenvalue weighted by molar-refractivity contribution is -0.162. The van der Waals surface area contributed by atoms with E-state index < -0.39 is 12.1 Å². The molecule has 2 aromatic rings. The van der Waals surface area contributed by atoms with Crippen LogP contribution < -0.4 is 0 Å². The second-order valence-corrected chi connectivity index (χ2v) is 5.57. The van der Waals surface area contributed by atoms with Crippen LogP contribution in [0.3, 0.4) is 0 Å².